The molecule has 0 spiro atoms. The normalized spacial score (nSPS) is 10.9. The second-order valence-electron chi connectivity index (χ2n) is 5.67. The van der Waals surface area contributed by atoms with Gasteiger partial charge in [-0.05, 0) is 48.5 Å². The van der Waals surface area contributed by atoms with Crippen molar-refractivity contribution in [3.05, 3.63) is 53.6 Å². The Morgan fingerprint density at radius 3 is 2.19 bits per heavy atom. The van der Waals surface area contributed by atoms with Crippen LogP contribution in [0.15, 0.2) is 48.5 Å². The number of nitrogens with zero attached hydrogens (tertiary/aromatic N) is 1. The summed E-state index contributed by atoms with van der Waals surface area (Å²) in [5, 5.41) is 3.31. The lowest BCUT2D eigenvalue weighted by molar-refractivity contribution is -0.123. The lowest BCUT2D eigenvalue weighted by atomic mass is 10.3. The molecule has 0 aliphatic heterocycles. The van der Waals surface area contributed by atoms with E-state index in [0.717, 1.165) is 10.6 Å². The number of carbonyl (C=O) groups is 1. The Morgan fingerprint density at radius 2 is 1.59 bits per heavy atom. The number of nitrogens with one attached hydrogen (secondary N) is 1. The van der Waals surface area contributed by atoms with E-state index in [1.807, 2.05) is 0 Å². The van der Waals surface area contributed by atoms with Crippen LogP contribution in [0.25, 0.3) is 0 Å². The Balaban J connectivity index is 1.70. The van der Waals surface area contributed by atoms with Crippen molar-refractivity contribution < 1.29 is 22.7 Å². The van der Waals surface area contributed by atoms with Gasteiger partial charge >= 0.3 is 0 Å². The van der Waals surface area contributed by atoms with Gasteiger partial charge in [-0.15, -0.1) is 0 Å². The summed E-state index contributed by atoms with van der Waals surface area (Å²) in [6.45, 7) is 0.505. The molecular formula is C18H21ClN2O5S. The molecule has 0 atom stereocenters. The summed E-state index contributed by atoms with van der Waals surface area (Å²) in [6.07, 6.45) is 1.12. The molecule has 7 nitrogen and oxygen atoms in total. The molecule has 0 saturated heterocycles. The van der Waals surface area contributed by atoms with Crippen molar-refractivity contribution in [1.82, 2.24) is 5.32 Å². The maximum atomic E-state index is 11.8. The third-order valence-corrected chi connectivity index (χ3v) is 5.03. The van der Waals surface area contributed by atoms with E-state index < -0.39 is 10.0 Å². The monoisotopic (exact) mass is 412 g/mol. The van der Waals surface area contributed by atoms with Crippen LogP contribution in [-0.4, -0.2) is 47.4 Å². The zero-order valence-corrected chi connectivity index (χ0v) is 16.6. The molecule has 27 heavy (non-hydrogen) atoms. The Morgan fingerprint density at radius 1 is 1.04 bits per heavy atom. The number of carbonyl (C=O) groups excluding carboxylic acids is 1. The minimum atomic E-state index is -3.32. The standard InChI is InChI=1S/C18H21ClN2O5S/c1-21(27(2,23)24)15-5-9-17(10-6-15)26-13-18(22)20-11-12-25-16-7-3-14(19)4-8-16/h3-10H,11-13H2,1-2H3,(H,20,22). The SMILES string of the molecule is CN(c1ccc(OCC(=O)NCCOc2ccc(Cl)cc2)cc1)S(C)(=O)=O. The number of amides is 1. The summed E-state index contributed by atoms with van der Waals surface area (Å²) in [4.78, 5) is 11.8. The summed E-state index contributed by atoms with van der Waals surface area (Å²) >= 11 is 5.79. The van der Waals surface area contributed by atoms with Gasteiger partial charge in [-0.2, -0.15) is 0 Å². The van der Waals surface area contributed by atoms with E-state index in [4.69, 9.17) is 21.1 Å². The first-order valence-electron chi connectivity index (χ1n) is 8.07. The van der Waals surface area contributed by atoms with E-state index >= 15 is 0 Å². The zero-order valence-electron chi connectivity index (χ0n) is 15.0. The van der Waals surface area contributed by atoms with Gasteiger partial charge in [0.05, 0.1) is 18.5 Å². The molecule has 1 N–H and O–H groups in total. The molecule has 0 aliphatic carbocycles. The lowest BCUT2D eigenvalue weighted by Gasteiger charge is -2.16. The van der Waals surface area contributed by atoms with Crippen LogP contribution in [0.4, 0.5) is 5.69 Å². The van der Waals surface area contributed by atoms with E-state index in [-0.39, 0.29) is 12.5 Å². The van der Waals surface area contributed by atoms with Gasteiger partial charge in [0.1, 0.15) is 18.1 Å². The topological polar surface area (TPSA) is 84.9 Å². The van der Waals surface area contributed by atoms with Gasteiger partial charge in [-0.1, -0.05) is 11.6 Å². The second-order valence-corrected chi connectivity index (χ2v) is 8.12. The first kappa shape index (κ1) is 20.9. The van der Waals surface area contributed by atoms with Gasteiger partial charge in [0.2, 0.25) is 10.0 Å². The number of ether oxygens (including phenoxy) is 2. The summed E-state index contributed by atoms with van der Waals surface area (Å²) in [6, 6.07) is 13.4. The highest BCUT2D eigenvalue weighted by Crippen LogP contribution is 2.20. The van der Waals surface area contributed by atoms with Gasteiger partial charge in [0, 0.05) is 12.1 Å². The van der Waals surface area contributed by atoms with E-state index in [0.29, 0.717) is 35.4 Å². The van der Waals surface area contributed by atoms with Crippen molar-refractivity contribution in [2.75, 3.05) is 37.4 Å². The fraction of sp³-hybridized carbons (Fsp3) is 0.278. The smallest absolute Gasteiger partial charge is 0.258 e. The average Bonchev–Trinajstić information content (AvgIpc) is 2.64. The van der Waals surface area contributed by atoms with Crippen LogP contribution in [0.1, 0.15) is 0 Å². The van der Waals surface area contributed by atoms with Crippen molar-refractivity contribution in [3.63, 3.8) is 0 Å². The van der Waals surface area contributed by atoms with Gasteiger partial charge in [-0.25, -0.2) is 8.42 Å². The van der Waals surface area contributed by atoms with Crippen molar-refractivity contribution in [3.8, 4) is 11.5 Å². The number of anilines is 1. The van der Waals surface area contributed by atoms with Crippen molar-refractivity contribution in [1.29, 1.82) is 0 Å². The maximum absolute atomic E-state index is 11.8. The predicted octanol–water partition coefficient (Wildman–Crippen LogP) is 2.31. The van der Waals surface area contributed by atoms with Crippen LogP contribution in [0.5, 0.6) is 11.5 Å². The average molecular weight is 413 g/mol. The summed E-state index contributed by atoms with van der Waals surface area (Å²) < 4.78 is 35.0. The largest absolute Gasteiger partial charge is 0.492 e. The van der Waals surface area contributed by atoms with E-state index in [1.54, 1.807) is 48.5 Å². The molecule has 0 fully saturated rings. The summed E-state index contributed by atoms with van der Waals surface area (Å²) in [7, 11) is -1.86. The number of hydrogen-bond donors (Lipinski definition) is 1. The first-order chi connectivity index (χ1) is 12.8. The highest BCUT2D eigenvalue weighted by Gasteiger charge is 2.11. The Labute approximate surface area is 163 Å². The van der Waals surface area contributed by atoms with Crippen LogP contribution >= 0.6 is 11.6 Å². The second kappa shape index (κ2) is 9.48. The Kier molecular flexibility index (Phi) is 7.32. The number of benzene rings is 2. The maximum Gasteiger partial charge on any atom is 0.258 e. The molecule has 1 amide bonds. The Bertz CT molecular complexity index is 854. The van der Waals surface area contributed by atoms with Crippen molar-refractivity contribution >= 4 is 33.2 Å². The predicted molar refractivity (Wildman–Crippen MR) is 105 cm³/mol. The molecule has 9 heteroatoms. The molecule has 146 valence electrons. The van der Waals surface area contributed by atoms with Crippen LogP contribution < -0.4 is 19.1 Å². The number of rotatable bonds is 9. The van der Waals surface area contributed by atoms with Gasteiger partial charge in [0.15, 0.2) is 6.61 Å². The molecule has 0 bridgehead atoms. The molecule has 0 saturated carbocycles. The fourth-order valence-corrected chi connectivity index (χ4v) is 2.66. The molecule has 0 aliphatic rings. The van der Waals surface area contributed by atoms with Gasteiger partial charge in [-0.3, -0.25) is 9.10 Å². The number of hydrogen-bond acceptors (Lipinski definition) is 5. The third-order valence-electron chi connectivity index (χ3n) is 3.57. The third kappa shape index (κ3) is 6.99. The summed E-state index contributed by atoms with van der Waals surface area (Å²) in [5.41, 5.74) is 0.508. The van der Waals surface area contributed by atoms with Gasteiger partial charge in [0.25, 0.3) is 5.91 Å². The highest BCUT2D eigenvalue weighted by atomic mass is 35.5. The van der Waals surface area contributed by atoms with Crippen LogP contribution in [0.2, 0.25) is 5.02 Å². The molecule has 0 aromatic heterocycles. The van der Waals surface area contributed by atoms with Crippen molar-refractivity contribution in [2.45, 2.75) is 0 Å². The first-order valence-corrected chi connectivity index (χ1v) is 10.3. The molecule has 2 rings (SSSR count). The van der Waals surface area contributed by atoms with Gasteiger partial charge < -0.3 is 14.8 Å². The molecule has 0 radical (unpaired) electrons. The van der Waals surface area contributed by atoms with Crippen LogP contribution in [0.3, 0.4) is 0 Å². The number of halogens is 1. The fourth-order valence-electron chi connectivity index (χ4n) is 2.03. The van der Waals surface area contributed by atoms with Crippen LogP contribution in [-0.2, 0) is 14.8 Å². The van der Waals surface area contributed by atoms with E-state index in [2.05, 4.69) is 5.32 Å². The molecule has 0 unspecified atom stereocenters. The quantitative estimate of drug-likeness (QED) is 0.639. The zero-order chi connectivity index (χ0) is 19.9. The van der Waals surface area contributed by atoms with Crippen molar-refractivity contribution in [2.24, 2.45) is 0 Å². The Hall–Kier alpha value is -2.45. The lowest BCUT2D eigenvalue weighted by Crippen LogP contribution is -2.32. The summed E-state index contributed by atoms with van der Waals surface area (Å²) in [5.74, 6) is 0.851. The molecular weight excluding hydrogens is 392 g/mol. The minimum Gasteiger partial charge on any atom is -0.492 e. The molecule has 2 aromatic rings. The number of sulfonamides is 1. The molecule has 0 heterocycles. The van der Waals surface area contributed by atoms with E-state index in [9.17, 15) is 13.2 Å². The van der Waals surface area contributed by atoms with E-state index in [1.165, 1.54) is 7.05 Å². The highest BCUT2D eigenvalue weighted by molar-refractivity contribution is 7.92. The minimum absolute atomic E-state index is 0.151. The van der Waals surface area contributed by atoms with Crippen LogP contribution in [0, 0.1) is 0 Å². The molecule has 2 aromatic carbocycles.